The SMILES string of the molecule is CC(C)(COC(=O)C(C)(C)NC(=O)OCc1ccccc1)C(=O)OCCl. The van der Waals surface area contributed by atoms with E-state index in [1.807, 2.05) is 30.3 Å². The zero-order chi connectivity index (χ0) is 19.8. The zero-order valence-corrected chi connectivity index (χ0v) is 16.1. The summed E-state index contributed by atoms with van der Waals surface area (Å²) in [7, 11) is 0. The van der Waals surface area contributed by atoms with Crippen LogP contribution in [-0.4, -0.2) is 36.2 Å². The molecule has 0 aliphatic rings. The standard InChI is InChI=1S/C18H24ClNO6/c1-17(2,14(21)26-12-19)11-25-15(22)18(3,4)20-16(23)24-10-13-8-6-5-7-9-13/h5-9H,10-12H2,1-4H3,(H,20,23). The monoisotopic (exact) mass is 385 g/mol. The Morgan fingerprint density at radius 2 is 1.58 bits per heavy atom. The summed E-state index contributed by atoms with van der Waals surface area (Å²) in [5.74, 6) is -1.30. The molecule has 1 aromatic rings. The van der Waals surface area contributed by atoms with E-state index in [9.17, 15) is 14.4 Å². The maximum Gasteiger partial charge on any atom is 0.408 e. The molecule has 0 aliphatic carbocycles. The third-order valence-corrected chi connectivity index (χ3v) is 3.55. The molecule has 0 spiro atoms. The highest BCUT2D eigenvalue weighted by Crippen LogP contribution is 2.19. The van der Waals surface area contributed by atoms with Crippen LogP contribution in [0.5, 0.6) is 0 Å². The van der Waals surface area contributed by atoms with E-state index in [2.05, 4.69) is 5.32 Å². The second-order valence-corrected chi connectivity index (χ2v) is 7.03. The van der Waals surface area contributed by atoms with Crippen LogP contribution in [0, 0.1) is 5.41 Å². The number of rotatable bonds is 8. The summed E-state index contributed by atoms with van der Waals surface area (Å²) in [6, 6.07) is 8.86. The minimum atomic E-state index is -1.33. The molecule has 0 heterocycles. The Morgan fingerprint density at radius 1 is 0.962 bits per heavy atom. The van der Waals surface area contributed by atoms with Gasteiger partial charge in [-0.3, -0.25) is 4.79 Å². The van der Waals surface area contributed by atoms with Gasteiger partial charge in [0.2, 0.25) is 0 Å². The predicted molar refractivity (Wildman–Crippen MR) is 95.4 cm³/mol. The van der Waals surface area contributed by atoms with Crippen molar-refractivity contribution < 1.29 is 28.6 Å². The highest BCUT2D eigenvalue weighted by Gasteiger charge is 2.36. The zero-order valence-electron chi connectivity index (χ0n) is 15.3. The molecular formula is C18H24ClNO6. The van der Waals surface area contributed by atoms with E-state index in [1.54, 1.807) is 13.8 Å². The van der Waals surface area contributed by atoms with Crippen LogP contribution in [0.2, 0.25) is 0 Å². The van der Waals surface area contributed by atoms with Gasteiger partial charge < -0.3 is 19.5 Å². The molecule has 0 radical (unpaired) electrons. The molecule has 1 rings (SSSR count). The minimum absolute atomic E-state index is 0.0785. The average molecular weight is 386 g/mol. The summed E-state index contributed by atoms with van der Waals surface area (Å²) >= 11 is 5.36. The van der Waals surface area contributed by atoms with Crippen LogP contribution in [-0.2, 0) is 30.4 Å². The highest BCUT2D eigenvalue weighted by atomic mass is 35.5. The Bertz CT molecular complexity index is 630. The predicted octanol–water partition coefficient (Wildman–Crippen LogP) is 3.00. The number of carbonyl (C=O) groups is 3. The molecule has 0 aliphatic heterocycles. The molecule has 0 fully saturated rings. The quantitative estimate of drug-likeness (QED) is 0.420. The van der Waals surface area contributed by atoms with Gasteiger partial charge in [-0.2, -0.15) is 0 Å². The van der Waals surface area contributed by atoms with Gasteiger partial charge in [-0.1, -0.05) is 41.9 Å². The molecule has 1 amide bonds. The van der Waals surface area contributed by atoms with Crippen molar-refractivity contribution in [2.75, 3.05) is 12.7 Å². The van der Waals surface area contributed by atoms with Crippen molar-refractivity contribution >= 4 is 29.6 Å². The van der Waals surface area contributed by atoms with Crippen molar-refractivity contribution in [2.24, 2.45) is 5.41 Å². The van der Waals surface area contributed by atoms with Gasteiger partial charge in [-0.25, -0.2) is 9.59 Å². The van der Waals surface area contributed by atoms with Gasteiger partial charge in [0.15, 0.2) is 6.07 Å². The van der Waals surface area contributed by atoms with E-state index >= 15 is 0 Å². The molecule has 0 aromatic heterocycles. The Balaban J connectivity index is 2.51. The largest absolute Gasteiger partial charge is 0.463 e. The Kier molecular flexibility index (Phi) is 7.89. The fraction of sp³-hybridized carbons (Fsp3) is 0.500. The van der Waals surface area contributed by atoms with Crippen molar-refractivity contribution in [1.29, 1.82) is 0 Å². The maximum absolute atomic E-state index is 12.2. The number of hydrogen-bond acceptors (Lipinski definition) is 6. The first-order chi connectivity index (χ1) is 12.1. The van der Waals surface area contributed by atoms with Gasteiger partial charge >= 0.3 is 18.0 Å². The first-order valence-electron chi connectivity index (χ1n) is 7.98. The smallest absolute Gasteiger partial charge is 0.408 e. The lowest BCUT2D eigenvalue weighted by Gasteiger charge is -2.27. The minimum Gasteiger partial charge on any atom is -0.463 e. The molecule has 8 heteroatoms. The molecule has 0 saturated carbocycles. The topological polar surface area (TPSA) is 90.9 Å². The number of hydrogen-bond donors (Lipinski definition) is 1. The van der Waals surface area contributed by atoms with Gasteiger partial charge in [0.05, 0.1) is 5.41 Å². The number of esters is 2. The van der Waals surface area contributed by atoms with Crippen molar-refractivity contribution in [2.45, 2.75) is 39.8 Å². The van der Waals surface area contributed by atoms with Crippen LogP contribution in [0.1, 0.15) is 33.3 Å². The molecule has 1 aromatic carbocycles. The van der Waals surface area contributed by atoms with E-state index in [1.165, 1.54) is 13.8 Å². The second-order valence-electron chi connectivity index (χ2n) is 6.81. The number of benzene rings is 1. The normalized spacial score (nSPS) is 11.4. The molecule has 0 atom stereocenters. The summed E-state index contributed by atoms with van der Waals surface area (Å²) in [5, 5.41) is 2.44. The number of nitrogens with one attached hydrogen (secondary N) is 1. The first-order valence-corrected chi connectivity index (χ1v) is 8.51. The molecule has 7 nitrogen and oxygen atoms in total. The third kappa shape index (κ3) is 6.92. The van der Waals surface area contributed by atoms with E-state index in [4.69, 9.17) is 25.8 Å². The van der Waals surface area contributed by atoms with Crippen molar-refractivity contribution in [3.8, 4) is 0 Å². The van der Waals surface area contributed by atoms with Crippen LogP contribution < -0.4 is 5.32 Å². The summed E-state index contributed by atoms with van der Waals surface area (Å²) in [6.07, 6.45) is -0.753. The Hall–Kier alpha value is -2.28. The van der Waals surface area contributed by atoms with Gasteiger partial charge in [0.25, 0.3) is 0 Å². The van der Waals surface area contributed by atoms with Gasteiger partial charge in [0.1, 0.15) is 18.8 Å². The number of halogens is 1. The number of carbonyl (C=O) groups excluding carboxylic acids is 3. The van der Waals surface area contributed by atoms with Crippen LogP contribution in [0.4, 0.5) is 4.79 Å². The number of alkyl carbamates (subject to hydrolysis) is 1. The van der Waals surface area contributed by atoms with Gasteiger partial charge in [-0.15, -0.1) is 0 Å². The van der Waals surface area contributed by atoms with Crippen molar-refractivity contribution in [3.05, 3.63) is 35.9 Å². The second kappa shape index (κ2) is 9.43. The fourth-order valence-corrected chi connectivity index (χ4v) is 1.89. The van der Waals surface area contributed by atoms with Crippen molar-refractivity contribution in [1.82, 2.24) is 5.32 Å². The molecular weight excluding hydrogens is 362 g/mol. The fourth-order valence-electron chi connectivity index (χ4n) is 1.80. The summed E-state index contributed by atoms with van der Waals surface area (Å²) in [6.45, 7) is 5.93. The van der Waals surface area contributed by atoms with Crippen LogP contribution in [0.25, 0.3) is 0 Å². The van der Waals surface area contributed by atoms with E-state index in [0.717, 1.165) is 5.56 Å². The lowest BCUT2D eigenvalue weighted by Crippen LogP contribution is -2.51. The molecule has 0 bridgehead atoms. The highest BCUT2D eigenvalue weighted by molar-refractivity contribution is 6.17. The summed E-state index contributed by atoms with van der Waals surface area (Å²) in [4.78, 5) is 35.9. The summed E-state index contributed by atoms with van der Waals surface area (Å²) < 4.78 is 14.9. The summed E-state index contributed by atoms with van der Waals surface area (Å²) in [5.41, 5.74) is -1.57. The van der Waals surface area contributed by atoms with Gasteiger partial charge in [0, 0.05) is 0 Å². The van der Waals surface area contributed by atoms with E-state index in [-0.39, 0.29) is 19.3 Å². The first kappa shape index (κ1) is 21.8. The molecule has 1 N–H and O–H groups in total. The lowest BCUT2D eigenvalue weighted by molar-refractivity contribution is -0.162. The van der Waals surface area contributed by atoms with E-state index in [0.29, 0.717) is 0 Å². The molecule has 0 unspecified atom stereocenters. The number of ether oxygens (including phenoxy) is 3. The molecule has 144 valence electrons. The Morgan fingerprint density at radius 3 is 2.15 bits per heavy atom. The lowest BCUT2D eigenvalue weighted by atomic mass is 9.95. The Labute approximate surface area is 157 Å². The van der Waals surface area contributed by atoms with E-state index < -0.39 is 29.0 Å². The van der Waals surface area contributed by atoms with Gasteiger partial charge in [-0.05, 0) is 33.3 Å². The van der Waals surface area contributed by atoms with Crippen LogP contribution >= 0.6 is 11.6 Å². The van der Waals surface area contributed by atoms with Crippen molar-refractivity contribution in [3.63, 3.8) is 0 Å². The maximum atomic E-state index is 12.2. The average Bonchev–Trinajstić information content (AvgIpc) is 2.58. The number of alkyl halides is 1. The van der Waals surface area contributed by atoms with Crippen LogP contribution in [0.3, 0.4) is 0 Å². The number of amides is 1. The third-order valence-electron chi connectivity index (χ3n) is 3.44. The molecule has 26 heavy (non-hydrogen) atoms. The van der Waals surface area contributed by atoms with Crippen LogP contribution in [0.15, 0.2) is 30.3 Å². The molecule has 0 saturated heterocycles.